The zero-order valence-electron chi connectivity index (χ0n) is 23.0. The largest absolute Gasteiger partial charge is 0.484 e. The number of rotatable bonds is 6. The quantitative estimate of drug-likeness (QED) is 0.270. The summed E-state index contributed by atoms with van der Waals surface area (Å²) in [6, 6.07) is 13.9. The van der Waals surface area contributed by atoms with E-state index in [9.17, 15) is 0 Å². The van der Waals surface area contributed by atoms with Crippen LogP contribution in [0.4, 0.5) is 14.5 Å². The summed E-state index contributed by atoms with van der Waals surface area (Å²) in [6.45, 7) is 9.51. The third kappa shape index (κ3) is 4.71. The third-order valence-electron chi connectivity index (χ3n) is 8.12. The predicted octanol–water partition coefficient (Wildman–Crippen LogP) is 7.62. The molecule has 3 aromatic rings. The fourth-order valence-corrected chi connectivity index (χ4v) is 6.09. The van der Waals surface area contributed by atoms with E-state index < -0.39 is 11.6 Å². The van der Waals surface area contributed by atoms with Crippen molar-refractivity contribution in [1.29, 1.82) is 0 Å². The number of aryl methyl sites for hydroxylation is 1. The molecule has 0 amide bonds. The Kier molecular flexibility index (Phi) is 7.53. The summed E-state index contributed by atoms with van der Waals surface area (Å²) >= 11 is 0. The van der Waals surface area contributed by atoms with E-state index in [-0.39, 0.29) is 11.3 Å². The fraction of sp³-hybridized carbons (Fsp3) is 0.406. The molecule has 2 fully saturated rings. The van der Waals surface area contributed by atoms with Crippen LogP contribution in [0.15, 0.2) is 53.0 Å². The van der Waals surface area contributed by atoms with Crippen molar-refractivity contribution < 1.29 is 13.5 Å². The van der Waals surface area contributed by atoms with Gasteiger partial charge in [-0.15, -0.1) is 0 Å². The van der Waals surface area contributed by atoms with E-state index in [1.165, 1.54) is 13.2 Å². The fourth-order valence-electron chi connectivity index (χ4n) is 6.09. The highest BCUT2D eigenvalue weighted by atomic mass is 19.1. The second-order valence-corrected chi connectivity index (χ2v) is 10.5. The Balaban J connectivity index is 1.78. The first-order chi connectivity index (χ1) is 18.4. The molecule has 2 unspecified atom stereocenters. The molecule has 200 valence electrons. The Morgan fingerprint density at radius 2 is 1.74 bits per heavy atom. The molecule has 4 nitrogen and oxygen atoms in total. The van der Waals surface area contributed by atoms with Gasteiger partial charge in [0, 0.05) is 43.4 Å². The van der Waals surface area contributed by atoms with E-state index in [2.05, 4.69) is 36.0 Å². The average molecular weight is 518 g/mol. The number of nitrogens with zero attached hydrogens (tertiary/aromatic N) is 2. The molecule has 2 saturated heterocycles. The molecule has 0 radical (unpaired) electrons. The number of ether oxygens (including phenoxy) is 1. The lowest BCUT2D eigenvalue weighted by molar-refractivity contribution is 0.274. The van der Waals surface area contributed by atoms with Crippen LogP contribution in [0.5, 0.6) is 0 Å². The molecule has 0 aliphatic carbocycles. The van der Waals surface area contributed by atoms with Crippen molar-refractivity contribution in [3.05, 3.63) is 70.8 Å². The maximum Gasteiger partial charge on any atom is 0.184 e. The normalized spacial score (nSPS) is 20.2. The molecule has 2 aliphatic heterocycles. The van der Waals surface area contributed by atoms with Crippen molar-refractivity contribution in [2.75, 3.05) is 20.2 Å². The monoisotopic (exact) mass is 517 g/mol. The number of aliphatic imine (C=N–C) groups is 1. The highest BCUT2D eigenvalue weighted by Crippen LogP contribution is 2.43. The Morgan fingerprint density at radius 1 is 1.05 bits per heavy atom. The summed E-state index contributed by atoms with van der Waals surface area (Å²) in [5.41, 5.74) is 4.13. The van der Waals surface area contributed by atoms with E-state index in [1.807, 2.05) is 30.3 Å². The number of hydrogen-bond acceptors (Lipinski definition) is 4. The summed E-state index contributed by atoms with van der Waals surface area (Å²) in [5, 5.41) is 5.50. The Bertz CT molecular complexity index is 1410. The second-order valence-electron chi connectivity index (χ2n) is 10.5. The lowest BCUT2D eigenvalue weighted by atomic mass is 9.91. The molecule has 38 heavy (non-hydrogen) atoms. The van der Waals surface area contributed by atoms with Crippen LogP contribution in [0.3, 0.4) is 0 Å². The molecule has 0 aromatic heterocycles. The van der Waals surface area contributed by atoms with Gasteiger partial charge in [-0.3, -0.25) is 0 Å². The molecule has 5 rings (SSSR count). The number of likely N-dealkylation sites (tertiary alicyclic amines) is 1. The van der Waals surface area contributed by atoms with Gasteiger partial charge in [-0.25, -0.2) is 13.8 Å². The Morgan fingerprint density at radius 3 is 2.37 bits per heavy atom. The van der Waals surface area contributed by atoms with Gasteiger partial charge in [0.1, 0.15) is 11.5 Å². The molecular formula is C32H37F2N3O. The number of halogens is 2. The molecule has 0 spiro atoms. The lowest BCUT2D eigenvalue weighted by Gasteiger charge is -2.38. The minimum atomic E-state index is -0.658. The molecule has 2 heterocycles. The summed E-state index contributed by atoms with van der Waals surface area (Å²) in [4.78, 5) is 6.89. The lowest BCUT2D eigenvalue weighted by Crippen LogP contribution is -2.50. The standard InChI is InChI=1S/C32H37F2N3O/c1-6-19(3)32(37-17-23-14-15-24(18-37)36-23)26-16-27(33)29(30(34)31(26)35-20(4)38-5)25-13-9-12-22-11-8-10-21(7-2)28(22)25/h8-13,16,23-24,36H,6-7,14-15,17-18H2,1-5H3/b32-19+,35-20?. The molecule has 6 heteroatoms. The number of nitrogens with one attached hydrogen (secondary N) is 1. The van der Waals surface area contributed by atoms with Crippen molar-refractivity contribution in [2.45, 2.75) is 65.5 Å². The van der Waals surface area contributed by atoms with Crippen molar-refractivity contribution in [2.24, 2.45) is 4.99 Å². The van der Waals surface area contributed by atoms with E-state index in [4.69, 9.17) is 4.74 Å². The maximum absolute atomic E-state index is 16.7. The summed E-state index contributed by atoms with van der Waals surface area (Å²) in [6.07, 6.45) is 3.78. The van der Waals surface area contributed by atoms with Gasteiger partial charge < -0.3 is 15.0 Å². The SMILES string of the molecule is CC/C(C)=C(\c1cc(F)c(-c2cccc3cccc(CC)c23)c(F)c1N=C(C)OC)N1CC2CCC(C1)N2. The van der Waals surface area contributed by atoms with Gasteiger partial charge in [-0.2, -0.15) is 0 Å². The number of fused-ring (bicyclic) bond motifs is 3. The summed E-state index contributed by atoms with van der Waals surface area (Å²) in [5.74, 6) is -0.914. The number of piperazine rings is 1. The van der Waals surface area contributed by atoms with Crippen LogP contribution in [0.1, 0.15) is 58.1 Å². The van der Waals surface area contributed by atoms with Crippen molar-refractivity contribution in [1.82, 2.24) is 10.2 Å². The highest BCUT2D eigenvalue weighted by Gasteiger charge is 2.35. The first-order valence-corrected chi connectivity index (χ1v) is 13.7. The van der Waals surface area contributed by atoms with Crippen LogP contribution in [0, 0.1) is 11.6 Å². The number of hydrogen-bond donors (Lipinski definition) is 1. The average Bonchev–Trinajstić information content (AvgIpc) is 3.27. The van der Waals surface area contributed by atoms with Crippen LogP contribution >= 0.6 is 0 Å². The van der Waals surface area contributed by atoms with Crippen LogP contribution < -0.4 is 5.32 Å². The third-order valence-corrected chi connectivity index (χ3v) is 8.12. The molecule has 2 aliphatic rings. The van der Waals surface area contributed by atoms with Gasteiger partial charge in [0.05, 0.1) is 12.7 Å². The first kappa shape index (κ1) is 26.4. The Labute approximate surface area is 224 Å². The number of methoxy groups -OCH3 is 1. The van der Waals surface area contributed by atoms with Gasteiger partial charge in [-0.1, -0.05) is 50.2 Å². The predicted molar refractivity (Wildman–Crippen MR) is 153 cm³/mol. The molecular weight excluding hydrogens is 480 g/mol. The van der Waals surface area contributed by atoms with Gasteiger partial charge in [0.2, 0.25) is 0 Å². The Hall–Kier alpha value is -3.25. The number of benzene rings is 3. The van der Waals surface area contributed by atoms with E-state index in [0.29, 0.717) is 29.1 Å². The molecule has 3 aromatic carbocycles. The van der Waals surface area contributed by atoms with Crippen LogP contribution in [0.25, 0.3) is 27.6 Å². The van der Waals surface area contributed by atoms with Crippen molar-refractivity contribution in [3.8, 4) is 11.1 Å². The van der Waals surface area contributed by atoms with Crippen LogP contribution in [-0.4, -0.2) is 43.1 Å². The molecule has 1 N–H and O–H groups in total. The second kappa shape index (κ2) is 10.9. The highest BCUT2D eigenvalue weighted by molar-refractivity contribution is 6.00. The summed E-state index contributed by atoms with van der Waals surface area (Å²) < 4.78 is 38.3. The first-order valence-electron chi connectivity index (χ1n) is 13.7. The van der Waals surface area contributed by atoms with E-state index >= 15 is 8.78 Å². The zero-order valence-corrected chi connectivity index (χ0v) is 23.0. The van der Waals surface area contributed by atoms with Crippen molar-refractivity contribution >= 4 is 28.1 Å². The van der Waals surface area contributed by atoms with E-state index in [0.717, 1.165) is 66.4 Å². The summed E-state index contributed by atoms with van der Waals surface area (Å²) in [7, 11) is 1.51. The molecule has 2 atom stereocenters. The topological polar surface area (TPSA) is 36.9 Å². The molecule has 2 bridgehead atoms. The van der Waals surface area contributed by atoms with Gasteiger partial charge >= 0.3 is 0 Å². The smallest absolute Gasteiger partial charge is 0.184 e. The zero-order chi connectivity index (χ0) is 27.0. The minimum Gasteiger partial charge on any atom is -0.484 e. The van der Waals surface area contributed by atoms with Gasteiger partial charge in [-0.05, 0) is 66.1 Å². The van der Waals surface area contributed by atoms with Gasteiger partial charge in [0.25, 0.3) is 0 Å². The van der Waals surface area contributed by atoms with Crippen LogP contribution in [-0.2, 0) is 11.2 Å². The number of allylic oxidation sites excluding steroid dienone is 1. The minimum absolute atomic E-state index is 0.0446. The van der Waals surface area contributed by atoms with E-state index in [1.54, 1.807) is 13.0 Å². The van der Waals surface area contributed by atoms with Gasteiger partial charge in [0.15, 0.2) is 11.7 Å². The van der Waals surface area contributed by atoms with Crippen molar-refractivity contribution in [3.63, 3.8) is 0 Å². The molecule has 0 saturated carbocycles. The maximum atomic E-state index is 16.7. The van der Waals surface area contributed by atoms with Crippen LogP contribution in [0.2, 0.25) is 0 Å².